The fraction of sp³-hybridized carbons (Fsp3) is 0.429. The van der Waals surface area contributed by atoms with Crippen LogP contribution in [0.15, 0.2) is 28.7 Å². The molecule has 0 saturated carbocycles. The van der Waals surface area contributed by atoms with E-state index in [1.807, 2.05) is 52.0 Å². The summed E-state index contributed by atoms with van der Waals surface area (Å²) in [6.07, 6.45) is 0.0375. The molecule has 0 amide bonds. The summed E-state index contributed by atoms with van der Waals surface area (Å²) in [5, 5.41) is 1.06. The number of rotatable bonds is 3. The van der Waals surface area contributed by atoms with Gasteiger partial charge in [-0.15, -0.1) is 0 Å². The molecule has 0 radical (unpaired) electrons. The number of benzene rings is 1. The van der Waals surface area contributed by atoms with E-state index in [1.54, 1.807) is 0 Å². The highest BCUT2D eigenvalue weighted by Crippen LogP contribution is 2.24. The lowest BCUT2D eigenvalue weighted by Gasteiger charge is -2.11. The van der Waals surface area contributed by atoms with E-state index in [2.05, 4.69) is 0 Å². The van der Waals surface area contributed by atoms with Crippen molar-refractivity contribution < 1.29 is 10.6 Å². The first-order valence-electron chi connectivity index (χ1n) is 6.06. The number of nitrogens with two attached hydrogens (primary N) is 1. The highest BCUT2D eigenvalue weighted by Gasteiger charge is 2.04. The molecule has 1 aromatic heterocycles. The summed E-state index contributed by atoms with van der Waals surface area (Å²) in [6.45, 7) is 8.40. The lowest BCUT2D eigenvalue weighted by molar-refractivity contribution is 0.230. The molecule has 0 aliphatic carbocycles. The molecule has 1 aromatic carbocycles. The SMILES string of the molecule is CC.Cc1cc2cc(O[C@@H](C)CN)ccc2o1.[HH]. The molecule has 0 aliphatic rings. The van der Waals surface area contributed by atoms with Gasteiger partial charge in [-0.3, -0.25) is 0 Å². The lowest BCUT2D eigenvalue weighted by Crippen LogP contribution is -2.22. The van der Waals surface area contributed by atoms with Gasteiger partial charge in [0.15, 0.2) is 0 Å². The predicted molar refractivity (Wildman–Crippen MR) is 73.6 cm³/mol. The van der Waals surface area contributed by atoms with Crippen LogP contribution in [0.1, 0.15) is 28.0 Å². The molecule has 0 spiro atoms. The minimum Gasteiger partial charge on any atom is -0.489 e. The monoisotopic (exact) mass is 237 g/mol. The van der Waals surface area contributed by atoms with Crippen LogP contribution < -0.4 is 10.5 Å². The Kier molecular flexibility index (Phi) is 5.04. The summed E-state index contributed by atoms with van der Waals surface area (Å²) >= 11 is 0. The molecule has 1 heterocycles. The summed E-state index contributed by atoms with van der Waals surface area (Å²) < 4.78 is 11.1. The number of fused-ring (bicyclic) bond motifs is 1. The maximum absolute atomic E-state index is 5.61. The maximum atomic E-state index is 5.61. The van der Waals surface area contributed by atoms with Crippen molar-refractivity contribution in [3.05, 3.63) is 30.0 Å². The molecule has 0 aliphatic heterocycles. The van der Waals surface area contributed by atoms with Gasteiger partial charge >= 0.3 is 0 Å². The highest BCUT2D eigenvalue weighted by molar-refractivity contribution is 5.79. The Balaban J connectivity index is 0.000000917. The summed E-state index contributed by atoms with van der Waals surface area (Å²) in [5.41, 5.74) is 6.38. The molecule has 0 fully saturated rings. The molecule has 0 bridgehead atoms. The third-order valence-electron chi connectivity index (χ3n) is 2.28. The van der Waals surface area contributed by atoms with Crippen molar-refractivity contribution in [2.45, 2.75) is 33.8 Å². The van der Waals surface area contributed by atoms with Gasteiger partial charge in [0.05, 0.1) is 0 Å². The van der Waals surface area contributed by atoms with E-state index in [1.165, 1.54) is 0 Å². The first-order valence-corrected chi connectivity index (χ1v) is 6.06. The topological polar surface area (TPSA) is 48.4 Å². The second-order valence-electron chi connectivity index (χ2n) is 3.72. The van der Waals surface area contributed by atoms with Crippen LogP contribution in [0.5, 0.6) is 5.75 Å². The summed E-state index contributed by atoms with van der Waals surface area (Å²) in [4.78, 5) is 0. The Morgan fingerprint density at radius 2 is 2.06 bits per heavy atom. The van der Waals surface area contributed by atoms with Gasteiger partial charge in [-0.2, -0.15) is 0 Å². The van der Waals surface area contributed by atoms with Crippen LogP contribution in [0.4, 0.5) is 0 Å². The van der Waals surface area contributed by atoms with Crippen LogP contribution in [-0.4, -0.2) is 12.6 Å². The van der Waals surface area contributed by atoms with Crippen LogP contribution in [0.25, 0.3) is 11.0 Å². The molecule has 17 heavy (non-hydrogen) atoms. The fourth-order valence-corrected chi connectivity index (χ4v) is 1.51. The van der Waals surface area contributed by atoms with E-state index in [9.17, 15) is 0 Å². The maximum Gasteiger partial charge on any atom is 0.134 e. The number of ether oxygens (including phenoxy) is 1. The van der Waals surface area contributed by atoms with Crippen molar-refractivity contribution in [1.82, 2.24) is 0 Å². The zero-order chi connectivity index (χ0) is 12.8. The van der Waals surface area contributed by atoms with Crippen LogP contribution >= 0.6 is 0 Å². The summed E-state index contributed by atoms with van der Waals surface area (Å²) in [5.74, 6) is 1.75. The van der Waals surface area contributed by atoms with Gasteiger partial charge in [-0.1, -0.05) is 13.8 Å². The second kappa shape index (κ2) is 6.30. The van der Waals surface area contributed by atoms with Gasteiger partial charge in [0.2, 0.25) is 0 Å². The molecule has 3 nitrogen and oxygen atoms in total. The number of hydrogen-bond donors (Lipinski definition) is 1. The molecule has 2 aromatic rings. The van der Waals surface area contributed by atoms with Crippen molar-refractivity contribution in [3.63, 3.8) is 0 Å². The Morgan fingerprint density at radius 1 is 1.35 bits per heavy atom. The molecule has 1 atom stereocenters. The smallest absolute Gasteiger partial charge is 0.134 e. The minimum atomic E-state index is 0. The molecule has 0 unspecified atom stereocenters. The number of aryl methyl sites for hydroxylation is 1. The molecule has 96 valence electrons. The van der Waals surface area contributed by atoms with E-state index in [0.717, 1.165) is 22.5 Å². The van der Waals surface area contributed by atoms with Crippen molar-refractivity contribution in [2.24, 2.45) is 5.73 Å². The van der Waals surface area contributed by atoms with E-state index in [0.29, 0.717) is 6.54 Å². The zero-order valence-corrected chi connectivity index (χ0v) is 11.0. The Morgan fingerprint density at radius 3 is 2.71 bits per heavy atom. The van der Waals surface area contributed by atoms with Crippen molar-refractivity contribution in [2.75, 3.05) is 6.54 Å². The van der Waals surface area contributed by atoms with E-state index in [4.69, 9.17) is 14.9 Å². The number of furan rings is 1. The second-order valence-corrected chi connectivity index (χ2v) is 3.72. The van der Waals surface area contributed by atoms with Crippen LogP contribution in [-0.2, 0) is 0 Å². The average molecular weight is 237 g/mol. The van der Waals surface area contributed by atoms with Crippen molar-refractivity contribution in [1.29, 1.82) is 0 Å². The van der Waals surface area contributed by atoms with E-state index in [-0.39, 0.29) is 7.53 Å². The predicted octanol–water partition coefficient (Wildman–Crippen LogP) is 3.74. The third kappa shape index (κ3) is 3.49. The normalized spacial score (nSPS) is 11.8. The van der Waals surface area contributed by atoms with Gasteiger partial charge < -0.3 is 14.9 Å². The van der Waals surface area contributed by atoms with Crippen molar-refractivity contribution >= 4 is 11.0 Å². The van der Waals surface area contributed by atoms with Gasteiger partial charge in [-0.25, -0.2) is 0 Å². The molecule has 0 saturated heterocycles. The van der Waals surface area contributed by atoms with Crippen LogP contribution in [0.3, 0.4) is 0 Å². The van der Waals surface area contributed by atoms with Gasteiger partial charge in [-0.05, 0) is 38.1 Å². The molecular weight excluding hydrogens is 214 g/mol. The Hall–Kier alpha value is -1.48. The first-order chi connectivity index (χ1) is 8.19. The van der Waals surface area contributed by atoms with E-state index >= 15 is 0 Å². The standard InChI is InChI=1S/C12H15NO2.C2H6.H2/c1-8-5-10-6-11(14-9(2)7-13)3-4-12(10)15-8;1-2;/h3-6,9H,7,13H2,1-2H3;1-2H3;1H/t9-;;/m0../s1. The molecule has 2 rings (SSSR count). The fourth-order valence-electron chi connectivity index (χ4n) is 1.51. The highest BCUT2D eigenvalue weighted by atomic mass is 16.5. The minimum absolute atomic E-state index is 0. The Bertz CT molecular complexity index is 468. The molecular formula is C14H23NO2. The third-order valence-corrected chi connectivity index (χ3v) is 2.28. The number of hydrogen-bond acceptors (Lipinski definition) is 3. The van der Waals surface area contributed by atoms with Crippen molar-refractivity contribution in [3.8, 4) is 5.75 Å². The van der Waals surface area contributed by atoms with Crippen LogP contribution in [0, 0.1) is 6.92 Å². The molecule has 2 N–H and O–H groups in total. The quantitative estimate of drug-likeness (QED) is 0.884. The van der Waals surface area contributed by atoms with Crippen LogP contribution in [0.2, 0.25) is 0 Å². The lowest BCUT2D eigenvalue weighted by atomic mass is 10.2. The average Bonchev–Trinajstić information content (AvgIpc) is 2.71. The van der Waals surface area contributed by atoms with Gasteiger partial charge in [0, 0.05) is 13.4 Å². The van der Waals surface area contributed by atoms with Gasteiger partial charge in [0.25, 0.3) is 0 Å². The molecule has 3 heteroatoms. The van der Waals surface area contributed by atoms with E-state index < -0.39 is 0 Å². The van der Waals surface area contributed by atoms with Gasteiger partial charge in [0.1, 0.15) is 23.2 Å². The first kappa shape index (κ1) is 13.6. The Labute approximate surface area is 104 Å². The summed E-state index contributed by atoms with van der Waals surface area (Å²) in [6, 6.07) is 7.78. The zero-order valence-electron chi connectivity index (χ0n) is 11.0. The largest absolute Gasteiger partial charge is 0.489 e. The summed E-state index contributed by atoms with van der Waals surface area (Å²) in [7, 11) is 0.